The number of sulfonamides is 1. The van der Waals surface area contributed by atoms with Crippen LogP contribution in [0.3, 0.4) is 0 Å². The van der Waals surface area contributed by atoms with Crippen LogP contribution in [-0.2, 0) is 14.8 Å². The van der Waals surface area contributed by atoms with E-state index in [1.807, 2.05) is 13.8 Å². The number of primary sulfonamides is 1. The molecule has 0 aliphatic rings. The zero-order valence-corrected chi connectivity index (χ0v) is 13.3. The average molecular weight is 314 g/mol. The number of amides is 1. The largest absolute Gasteiger partial charge is 0.399 e. The molecule has 0 aliphatic heterocycles. The van der Waals surface area contributed by atoms with E-state index in [1.54, 1.807) is 13.1 Å². The number of nitrogen functional groups attached to an aromatic ring is 1. The summed E-state index contributed by atoms with van der Waals surface area (Å²) in [6, 6.07) is 4.38. The quantitative estimate of drug-likeness (QED) is 0.645. The van der Waals surface area contributed by atoms with Crippen molar-refractivity contribution in [2.24, 2.45) is 11.1 Å². The molecular weight excluding hydrogens is 292 g/mol. The van der Waals surface area contributed by atoms with E-state index < -0.39 is 10.0 Å². The van der Waals surface area contributed by atoms with E-state index >= 15 is 0 Å². The van der Waals surface area contributed by atoms with Crippen molar-refractivity contribution in [3.63, 3.8) is 0 Å². The van der Waals surface area contributed by atoms with Crippen LogP contribution in [0.25, 0.3) is 0 Å². The molecule has 5 N–H and O–H groups in total. The minimum absolute atomic E-state index is 0.0269. The number of hydrogen-bond donors (Lipinski definition) is 3. The third-order valence-corrected chi connectivity index (χ3v) is 3.73. The second-order valence-corrected chi connectivity index (χ2v) is 6.86. The number of carbonyl (C=O) groups is 1. The number of likely N-dealkylation sites (N-methyl/N-ethyl adjacent to an activating group) is 1. The lowest BCUT2D eigenvalue weighted by molar-refractivity contribution is -0.119. The minimum atomic E-state index is -3.92. The molecule has 1 aromatic carbocycles. The van der Waals surface area contributed by atoms with E-state index in [0.717, 1.165) is 0 Å². The van der Waals surface area contributed by atoms with Crippen molar-refractivity contribution in [3.05, 3.63) is 18.2 Å². The second kappa shape index (κ2) is 6.77. The number of nitrogens with two attached hydrogens (primary N) is 2. The zero-order chi connectivity index (χ0) is 16.2. The smallest absolute Gasteiger partial charge is 0.240 e. The first kappa shape index (κ1) is 17.3. The van der Waals surface area contributed by atoms with Crippen LogP contribution in [0, 0.1) is 5.92 Å². The molecule has 0 aromatic heterocycles. The highest BCUT2D eigenvalue weighted by molar-refractivity contribution is 7.89. The summed E-state index contributed by atoms with van der Waals surface area (Å²) >= 11 is 0. The van der Waals surface area contributed by atoms with Crippen LogP contribution in [0.5, 0.6) is 0 Å². The molecule has 7 nitrogen and oxygen atoms in total. The van der Waals surface area contributed by atoms with Gasteiger partial charge in [0.25, 0.3) is 0 Å². The molecule has 0 heterocycles. The van der Waals surface area contributed by atoms with Crippen LogP contribution in [0.2, 0.25) is 0 Å². The van der Waals surface area contributed by atoms with Gasteiger partial charge in [0, 0.05) is 19.3 Å². The number of nitrogens with one attached hydrogen (secondary N) is 1. The Morgan fingerprint density at radius 1 is 1.38 bits per heavy atom. The Kier molecular flexibility index (Phi) is 5.56. The number of hydrogen-bond acceptors (Lipinski definition) is 5. The normalized spacial score (nSPS) is 11.5. The molecule has 0 saturated carbocycles. The maximum Gasteiger partial charge on any atom is 0.240 e. The lowest BCUT2D eigenvalue weighted by Gasteiger charge is -2.21. The molecule has 118 valence electrons. The highest BCUT2D eigenvalue weighted by atomic mass is 32.2. The van der Waals surface area contributed by atoms with Gasteiger partial charge in [-0.15, -0.1) is 0 Å². The fourth-order valence-electron chi connectivity index (χ4n) is 1.75. The molecule has 0 atom stereocenters. The third-order valence-electron chi connectivity index (χ3n) is 2.79. The molecule has 1 aromatic rings. The number of benzene rings is 1. The van der Waals surface area contributed by atoms with Gasteiger partial charge in [-0.25, -0.2) is 13.6 Å². The van der Waals surface area contributed by atoms with Gasteiger partial charge in [-0.3, -0.25) is 4.79 Å². The Bertz CT molecular complexity index is 614. The molecule has 0 aliphatic carbocycles. The topological polar surface area (TPSA) is 119 Å². The Hall–Kier alpha value is -1.80. The van der Waals surface area contributed by atoms with E-state index in [9.17, 15) is 13.2 Å². The van der Waals surface area contributed by atoms with Gasteiger partial charge in [0.1, 0.15) is 4.90 Å². The molecule has 0 bridgehead atoms. The summed E-state index contributed by atoms with van der Waals surface area (Å²) in [6.07, 6.45) is 0. The summed E-state index contributed by atoms with van der Waals surface area (Å²) in [6.45, 7) is 4.57. The molecule has 0 radical (unpaired) electrons. The monoisotopic (exact) mass is 314 g/mol. The standard InChI is InChI=1S/C13H22N4O3S/c1-9(2)7-16-13(18)8-17(3)11-5-4-10(14)6-12(11)21(15,19)20/h4-6,9H,7-8,14H2,1-3H3,(H,16,18)(H2,15,19,20). The van der Waals surface area contributed by atoms with Crippen LogP contribution >= 0.6 is 0 Å². The number of anilines is 2. The molecule has 1 rings (SSSR count). The lowest BCUT2D eigenvalue weighted by atomic mass is 10.2. The highest BCUT2D eigenvalue weighted by Gasteiger charge is 2.18. The molecule has 0 saturated heterocycles. The number of nitrogens with zero attached hydrogens (tertiary/aromatic N) is 1. The summed E-state index contributed by atoms with van der Waals surface area (Å²) in [5, 5.41) is 7.95. The average Bonchev–Trinajstić information content (AvgIpc) is 2.35. The molecule has 0 fully saturated rings. The Morgan fingerprint density at radius 2 is 2.00 bits per heavy atom. The van der Waals surface area contributed by atoms with Gasteiger partial charge >= 0.3 is 0 Å². The van der Waals surface area contributed by atoms with E-state index in [4.69, 9.17) is 10.9 Å². The minimum Gasteiger partial charge on any atom is -0.399 e. The molecular formula is C13H22N4O3S. The fraction of sp³-hybridized carbons (Fsp3) is 0.462. The molecule has 21 heavy (non-hydrogen) atoms. The molecule has 0 spiro atoms. The highest BCUT2D eigenvalue weighted by Crippen LogP contribution is 2.25. The van der Waals surface area contributed by atoms with Gasteiger partial charge in [0.2, 0.25) is 15.9 Å². The van der Waals surface area contributed by atoms with Gasteiger partial charge in [0.15, 0.2) is 0 Å². The number of carbonyl (C=O) groups excluding carboxylic acids is 1. The van der Waals surface area contributed by atoms with Crippen molar-refractivity contribution < 1.29 is 13.2 Å². The second-order valence-electron chi connectivity index (χ2n) is 5.33. The van der Waals surface area contributed by atoms with E-state index in [0.29, 0.717) is 23.8 Å². The lowest BCUT2D eigenvalue weighted by Crippen LogP contribution is -2.37. The van der Waals surface area contributed by atoms with Gasteiger partial charge in [-0.2, -0.15) is 0 Å². The zero-order valence-electron chi connectivity index (χ0n) is 12.5. The van der Waals surface area contributed by atoms with Crippen LogP contribution in [0.4, 0.5) is 11.4 Å². The predicted octanol–water partition coefficient (Wildman–Crippen LogP) is 0.125. The maximum atomic E-state index is 11.8. The fourth-order valence-corrected chi connectivity index (χ4v) is 2.56. The Morgan fingerprint density at radius 3 is 2.52 bits per heavy atom. The Balaban J connectivity index is 2.93. The van der Waals surface area contributed by atoms with Crippen molar-refractivity contribution >= 4 is 27.3 Å². The van der Waals surface area contributed by atoms with Crippen molar-refractivity contribution in [3.8, 4) is 0 Å². The maximum absolute atomic E-state index is 11.8. The van der Waals surface area contributed by atoms with Crippen LogP contribution in [-0.4, -0.2) is 34.5 Å². The van der Waals surface area contributed by atoms with Gasteiger partial charge in [-0.1, -0.05) is 13.8 Å². The SMILES string of the molecule is CC(C)CNC(=O)CN(C)c1ccc(N)cc1S(N)(=O)=O. The van der Waals surface area contributed by atoms with Crippen molar-refractivity contribution in [1.82, 2.24) is 5.32 Å². The van der Waals surface area contributed by atoms with Crippen molar-refractivity contribution in [1.29, 1.82) is 0 Å². The summed E-state index contributed by atoms with van der Waals surface area (Å²) in [5.74, 6) is 0.152. The van der Waals surface area contributed by atoms with Crippen molar-refractivity contribution in [2.45, 2.75) is 18.7 Å². The molecule has 0 unspecified atom stereocenters. The van der Waals surface area contributed by atoms with Gasteiger partial charge in [-0.05, 0) is 24.1 Å². The molecule has 8 heteroatoms. The summed E-state index contributed by atoms with van der Waals surface area (Å²) in [5.41, 5.74) is 6.22. The van der Waals surface area contributed by atoms with E-state index in [-0.39, 0.29) is 17.3 Å². The van der Waals surface area contributed by atoms with Crippen LogP contribution in [0.15, 0.2) is 23.1 Å². The van der Waals surface area contributed by atoms with Gasteiger partial charge < -0.3 is 16.0 Å². The van der Waals surface area contributed by atoms with E-state index in [2.05, 4.69) is 5.32 Å². The van der Waals surface area contributed by atoms with Crippen LogP contribution < -0.4 is 21.1 Å². The Labute approximate surface area is 125 Å². The first-order valence-electron chi connectivity index (χ1n) is 6.51. The first-order chi connectivity index (χ1) is 9.61. The number of rotatable bonds is 6. The summed E-state index contributed by atoms with van der Waals surface area (Å²) < 4.78 is 23.2. The summed E-state index contributed by atoms with van der Waals surface area (Å²) in [4.78, 5) is 13.2. The first-order valence-corrected chi connectivity index (χ1v) is 8.06. The van der Waals surface area contributed by atoms with Gasteiger partial charge in [0.05, 0.1) is 12.2 Å². The summed E-state index contributed by atoms with van der Waals surface area (Å²) in [7, 11) is -2.30. The van der Waals surface area contributed by atoms with Crippen molar-refractivity contribution in [2.75, 3.05) is 30.8 Å². The third kappa shape index (κ3) is 5.24. The van der Waals surface area contributed by atoms with Crippen LogP contribution in [0.1, 0.15) is 13.8 Å². The molecule has 1 amide bonds. The predicted molar refractivity (Wildman–Crippen MR) is 83.3 cm³/mol. The van der Waals surface area contributed by atoms with E-state index in [1.165, 1.54) is 17.0 Å².